The van der Waals surface area contributed by atoms with E-state index in [2.05, 4.69) is 16.8 Å². The molecule has 1 aliphatic carbocycles. The summed E-state index contributed by atoms with van der Waals surface area (Å²) in [4.78, 5) is 29.7. The van der Waals surface area contributed by atoms with E-state index < -0.39 is 6.04 Å². The number of likely N-dealkylation sites (tertiary alicyclic amines) is 1. The SMILES string of the molecule is C=C1CCC(N2Cc3cc(OC4CCCCC4N4CC(Oc5ccccc5OC)C4)ccc3C2=O)C(=O)N1. The molecule has 8 nitrogen and oxygen atoms in total. The Labute approximate surface area is 223 Å². The van der Waals surface area contributed by atoms with E-state index in [0.717, 1.165) is 55.2 Å². The van der Waals surface area contributed by atoms with Crippen molar-refractivity contribution < 1.29 is 23.8 Å². The highest BCUT2D eigenvalue weighted by atomic mass is 16.5. The summed E-state index contributed by atoms with van der Waals surface area (Å²) in [6.07, 6.45) is 5.98. The van der Waals surface area contributed by atoms with Crippen molar-refractivity contribution in [1.82, 2.24) is 15.1 Å². The number of piperidine rings is 1. The van der Waals surface area contributed by atoms with E-state index in [4.69, 9.17) is 14.2 Å². The van der Waals surface area contributed by atoms with Gasteiger partial charge in [-0.2, -0.15) is 0 Å². The molecular formula is C30H35N3O5. The third-order valence-electron chi connectivity index (χ3n) is 8.27. The smallest absolute Gasteiger partial charge is 0.255 e. The number of ether oxygens (including phenoxy) is 3. The number of amides is 2. The fourth-order valence-electron chi connectivity index (χ4n) is 6.22. The number of nitrogens with zero attached hydrogens (tertiary/aromatic N) is 2. The Hall–Kier alpha value is -3.52. The van der Waals surface area contributed by atoms with Crippen LogP contribution < -0.4 is 19.5 Å². The fraction of sp³-hybridized carbons (Fsp3) is 0.467. The normalized spacial score (nSPS) is 26.0. The molecule has 3 aliphatic heterocycles. The van der Waals surface area contributed by atoms with E-state index in [1.165, 1.54) is 6.42 Å². The number of fused-ring (bicyclic) bond motifs is 1. The van der Waals surface area contributed by atoms with Crippen molar-refractivity contribution in [1.29, 1.82) is 0 Å². The number of allylic oxidation sites excluding steroid dienone is 1. The highest BCUT2D eigenvalue weighted by Crippen LogP contribution is 2.35. The summed E-state index contributed by atoms with van der Waals surface area (Å²) in [6, 6.07) is 13.4. The molecule has 200 valence electrons. The molecule has 3 fully saturated rings. The number of benzene rings is 2. The number of hydrogen-bond acceptors (Lipinski definition) is 6. The van der Waals surface area contributed by atoms with Crippen LogP contribution in [0.25, 0.3) is 0 Å². The molecule has 1 saturated carbocycles. The van der Waals surface area contributed by atoms with Crippen LogP contribution in [0.2, 0.25) is 0 Å². The van der Waals surface area contributed by atoms with Crippen LogP contribution in [-0.4, -0.2) is 66.1 Å². The van der Waals surface area contributed by atoms with E-state index in [9.17, 15) is 9.59 Å². The minimum Gasteiger partial charge on any atom is -0.493 e. The number of carbonyl (C=O) groups excluding carboxylic acids is 2. The number of rotatable bonds is 7. The second-order valence-electron chi connectivity index (χ2n) is 10.8. The van der Waals surface area contributed by atoms with Crippen molar-refractivity contribution >= 4 is 11.8 Å². The lowest BCUT2D eigenvalue weighted by molar-refractivity contribution is -0.126. The van der Waals surface area contributed by atoms with E-state index in [1.54, 1.807) is 12.0 Å². The molecule has 3 heterocycles. The van der Waals surface area contributed by atoms with Crippen molar-refractivity contribution in [2.24, 2.45) is 0 Å². The number of carbonyl (C=O) groups is 2. The average molecular weight is 518 g/mol. The molecule has 1 N–H and O–H groups in total. The Balaban J connectivity index is 1.09. The monoisotopic (exact) mass is 517 g/mol. The largest absolute Gasteiger partial charge is 0.493 e. The molecule has 4 aliphatic rings. The second-order valence-corrected chi connectivity index (χ2v) is 10.8. The number of para-hydroxylation sites is 2. The lowest BCUT2D eigenvalue weighted by Crippen LogP contribution is -2.62. The zero-order valence-electron chi connectivity index (χ0n) is 21.9. The summed E-state index contributed by atoms with van der Waals surface area (Å²) in [5.41, 5.74) is 2.30. The van der Waals surface area contributed by atoms with Gasteiger partial charge in [0.15, 0.2) is 11.5 Å². The van der Waals surface area contributed by atoms with Gasteiger partial charge in [0.25, 0.3) is 5.91 Å². The van der Waals surface area contributed by atoms with Crippen LogP contribution in [0.5, 0.6) is 17.2 Å². The van der Waals surface area contributed by atoms with Gasteiger partial charge in [0.05, 0.1) is 7.11 Å². The van der Waals surface area contributed by atoms with Crippen molar-refractivity contribution in [3.8, 4) is 17.2 Å². The lowest BCUT2D eigenvalue weighted by Gasteiger charge is -2.47. The predicted molar refractivity (Wildman–Crippen MR) is 142 cm³/mol. The second kappa shape index (κ2) is 10.3. The zero-order valence-corrected chi connectivity index (χ0v) is 21.9. The molecule has 2 saturated heterocycles. The lowest BCUT2D eigenvalue weighted by atomic mass is 9.89. The van der Waals surface area contributed by atoms with Gasteiger partial charge >= 0.3 is 0 Å². The number of hydrogen-bond donors (Lipinski definition) is 1. The molecule has 6 rings (SSSR count). The minimum atomic E-state index is -0.454. The third-order valence-corrected chi connectivity index (χ3v) is 8.27. The summed E-state index contributed by atoms with van der Waals surface area (Å²) in [7, 11) is 1.66. The number of methoxy groups -OCH3 is 1. The quantitative estimate of drug-likeness (QED) is 0.600. The maximum Gasteiger partial charge on any atom is 0.255 e. The number of nitrogens with one attached hydrogen (secondary N) is 1. The van der Waals surface area contributed by atoms with Crippen molar-refractivity contribution in [2.45, 2.75) is 69.4 Å². The van der Waals surface area contributed by atoms with Crippen LogP contribution in [0.3, 0.4) is 0 Å². The molecule has 0 aromatic heterocycles. The maximum absolute atomic E-state index is 13.1. The highest BCUT2D eigenvalue weighted by molar-refractivity contribution is 6.01. The van der Waals surface area contributed by atoms with Gasteiger partial charge in [0.1, 0.15) is 24.0 Å². The first kappa shape index (κ1) is 24.8. The molecule has 0 spiro atoms. The summed E-state index contributed by atoms with van der Waals surface area (Å²) >= 11 is 0. The summed E-state index contributed by atoms with van der Waals surface area (Å²) in [5, 5.41) is 2.80. The summed E-state index contributed by atoms with van der Waals surface area (Å²) in [5.74, 6) is 2.10. The van der Waals surface area contributed by atoms with Crippen LogP contribution >= 0.6 is 0 Å². The fourth-order valence-corrected chi connectivity index (χ4v) is 6.22. The van der Waals surface area contributed by atoms with Gasteiger partial charge in [0, 0.05) is 36.9 Å². The van der Waals surface area contributed by atoms with Crippen molar-refractivity contribution in [3.05, 3.63) is 65.9 Å². The Morgan fingerprint density at radius 1 is 0.974 bits per heavy atom. The van der Waals surface area contributed by atoms with Crippen LogP contribution in [-0.2, 0) is 11.3 Å². The Bertz CT molecular complexity index is 1240. The molecule has 2 aromatic rings. The van der Waals surface area contributed by atoms with Gasteiger partial charge in [-0.1, -0.05) is 25.1 Å². The molecule has 8 heteroatoms. The highest BCUT2D eigenvalue weighted by Gasteiger charge is 2.41. The van der Waals surface area contributed by atoms with Gasteiger partial charge in [-0.3, -0.25) is 14.5 Å². The van der Waals surface area contributed by atoms with Crippen LogP contribution in [0.15, 0.2) is 54.7 Å². The van der Waals surface area contributed by atoms with Gasteiger partial charge < -0.3 is 24.4 Å². The molecule has 3 unspecified atom stereocenters. The summed E-state index contributed by atoms with van der Waals surface area (Å²) < 4.78 is 18.2. The van der Waals surface area contributed by atoms with Crippen molar-refractivity contribution in [2.75, 3.05) is 20.2 Å². The van der Waals surface area contributed by atoms with E-state index in [0.29, 0.717) is 36.7 Å². The maximum atomic E-state index is 13.1. The standard InChI is InChI=1S/C30H35N3O5/c1-19-11-14-25(29(34)31-19)33-16-20-15-21(12-13-23(20)30(33)35)37-26-8-4-3-7-24(26)32-17-22(18-32)38-28-10-6-5-9-27(28)36-2/h5-6,9-10,12-13,15,22,24-26H,1,3-4,7-8,11,14,16-18H2,2H3,(H,31,34). The first-order valence-corrected chi connectivity index (χ1v) is 13.6. The Kier molecular flexibility index (Phi) is 6.74. The molecule has 0 radical (unpaired) electrons. The molecular weight excluding hydrogens is 482 g/mol. The third kappa shape index (κ3) is 4.73. The van der Waals surface area contributed by atoms with Crippen LogP contribution in [0.4, 0.5) is 0 Å². The average Bonchev–Trinajstić information content (AvgIpc) is 3.22. The van der Waals surface area contributed by atoms with Gasteiger partial charge in [-0.15, -0.1) is 0 Å². The Morgan fingerprint density at radius 3 is 2.55 bits per heavy atom. The van der Waals surface area contributed by atoms with Gasteiger partial charge in [-0.25, -0.2) is 0 Å². The minimum absolute atomic E-state index is 0.0866. The van der Waals surface area contributed by atoms with Crippen molar-refractivity contribution in [3.63, 3.8) is 0 Å². The first-order valence-electron chi connectivity index (χ1n) is 13.6. The van der Waals surface area contributed by atoms with Gasteiger partial charge in [0.2, 0.25) is 5.91 Å². The molecule has 3 atom stereocenters. The predicted octanol–water partition coefficient (Wildman–Crippen LogP) is 3.90. The Morgan fingerprint density at radius 2 is 1.76 bits per heavy atom. The van der Waals surface area contributed by atoms with E-state index in [-0.39, 0.29) is 24.0 Å². The molecule has 2 amide bonds. The van der Waals surface area contributed by atoms with Crippen LogP contribution in [0, 0.1) is 0 Å². The van der Waals surface area contributed by atoms with Crippen LogP contribution in [0.1, 0.15) is 54.4 Å². The molecule has 38 heavy (non-hydrogen) atoms. The van der Waals surface area contributed by atoms with Gasteiger partial charge in [-0.05, 0) is 68.0 Å². The topological polar surface area (TPSA) is 80.3 Å². The first-order chi connectivity index (χ1) is 18.5. The molecule has 0 bridgehead atoms. The zero-order chi connectivity index (χ0) is 26.2. The van der Waals surface area contributed by atoms with E-state index >= 15 is 0 Å². The van der Waals surface area contributed by atoms with E-state index in [1.807, 2.05) is 42.5 Å². The summed E-state index contributed by atoms with van der Waals surface area (Å²) in [6.45, 7) is 6.01. The molecule has 2 aromatic carbocycles.